The van der Waals surface area contributed by atoms with Crippen LogP contribution in [0.5, 0.6) is 0 Å². The second kappa shape index (κ2) is 6.28. The summed E-state index contributed by atoms with van der Waals surface area (Å²) in [4.78, 5) is 26.4. The van der Waals surface area contributed by atoms with Crippen LogP contribution in [0.2, 0.25) is 0 Å². The van der Waals surface area contributed by atoms with E-state index >= 15 is 0 Å². The highest BCUT2D eigenvalue weighted by Crippen LogP contribution is 2.23. The first-order valence-electron chi connectivity index (χ1n) is 8.46. The number of nitrogens with one attached hydrogen (secondary N) is 2. The number of benzene rings is 2. The van der Waals surface area contributed by atoms with Gasteiger partial charge in [0.25, 0.3) is 5.91 Å². The van der Waals surface area contributed by atoms with E-state index in [0.29, 0.717) is 22.5 Å². The van der Waals surface area contributed by atoms with Gasteiger partial charge in [-0.25, -0.2) is 4.79 Å². The summed E-state index contributed by atoms with van der Waals surface area (Å²) in [6, 6.07) is 12.9. The Morgan fingerprint density at radius 2 is 1.93 bits per heavy atom. The number of fused-ring (bicyclic) bond motifs is 1. The van der Waals surface area contributed by atoms with Gasteiger partial charge in [-0.15, -0.1) is 0 Å². The van der Waals surface area contributed by atoms with Crippen LogP contribution in [0.25, 0.3) is 22.4 Å². The summed E-state index contributed by atoms with van der Waals surface area (Å²) < 4.78 is 6.65. The molecule has 0 bridgehead atoms. The summed E-state index contributed by atoms with van der Waals surface area (Å²) in [6.45, 7) is 4.12. The van der Waals surface area contributed by atoms with Crippen LogP contribution in [0.1, 0.15) is 21.6 Å². The maximum absolute atomic E-state index is 12.6. The number of carbonyl (C=O) groups excluding carboxylic acids is 1. The number of nitrogens with zero attached hydrogens (tertiary/aromatic N) is 2. The van der Waals surface area contributed by atoms with Gasteiger partial charge in [-0.3, -0.25) is 14.5 Å². The molecule has 0 aliphatic rings. The van der Waals surface area contributed by atoms with Crippen LogP contribution in [0.3, 0.4) is 0 Å². The smallest absolute Gasteiger partial charge is 0.408 e. The second-order valence-corrected chi connectivity index (χ2v) is 6.52. The SMILES string of the molecule is Cc1ccc(-c2cc(C(=O)Nc3ccc4oc(=O)[nH]c4c3)nn2C)cc1C. The highest BCUT2D eigenvalue weighted by molar-refractivity contribution is 6.04. The lowest BCUT2D eigenvalue weighted by molar-refractivity contribution is 0.102. The first-order valence-corrected chi connectivity index (χ1v) is 8.46. The number of rotatable bonds is 3. The number of aromatic amines is 1. The Labute approximate surface area is 154 Å². The maximum Gasteiger partial charge on any atom is 0.417 e. The molecule has 0 radical (unpaired) electrons. The van der Waals surface area contributed by atoms with Crippen LogP contribution in [0.4, 0.5) is 5.69 Å². The van der Waals surface area contributed by atoms with Gasteiger partial charge in [0, 0.05) is 18.3 Å². The van der Waals surface area contributed by atoms with E-state index in [1.54, 1.807) is 28.9 Å². The number of amides is 1. The number of aromatic nitrogens is 3. The molecule has 7 nitrogen and oxygen atoms in total. The second-order valence-electron chi connectivity index (χ2n) is 6.52. The van der Waals surface area contributed by atoms with E-state index < -0.39 is 5.76 Å². The van der Waals surface area contributed by atoms with Crippen molar-refractivity contribution in [3.63, 3.8) is 0 Å². The van der Waals surface area contributed by atoms with Gasteiger partial charge in [-0.05, 0) is 55.3 Å². The first-order chi connectivity index (χ1) is 12.9. The molecule has 1 amide bonds. The normalized spacial score (nSPS) is 11.1. The third kappa shape index (κ3) is 3.15. The molecule has 4 aromatic rings. The summed E-state index contributed by atoms with van der Waals surface area (Å²) in [5, 5.41) is 7.12. The molecule has 0 spiro atoms. The first kappa shape index (κ1) is 16.8. The molecule has 0 saturated heterocycles. The quantitative estimate of drug-likeness (QED) is 0.584. The standard InChI is InChI=1S/C20H18N4O3/c1-11-4-5-13(8-12(11)2)17-10-16(23-24(17)3)19(25)21-14-6-7-18-15(9-14)22-20(26)27-18/h4-10H,1-3H3,(H,21,25)(H,22,26). The van der Waals surface area contributed by atoms with Crippen LogP contribution in [-0.2, 0) is 7.05 Å². The molecule has 2 N–H and O–H groups in total. The number of aryl methyl sites for hydroxylation is 3. The monoisotopic (exact) mass is 362 g/mol. The van der Waals surface area contributed by atoms with Gasteiger partial charge in [0.1, 0.15) is 0 Å². The Morgan fingerprint density at radius 3 is 2.70 bits per heavy atom. The van der Waals surface area contributed by atoms with Crippen molar-refractivity contribution < 1.29 is 9.21 Å². The third-order valence-corrected chi connectivity index (χ3v) is 4.59. The fraction of sp³-hybridized carbons (Fsp3) is 0.150. The zero-order valence-electron chi connectivity index (χ0n) is 15.2. The highest BCUT2D eigenvalue weighted by Gasteiger charge is 2.15. The number of hydrogen-bond acceptors (Lipinski definition) is 4. The maximum atomic E-state index is 12.6. The molecule has 2 aromatic heterocycles. The lowest BCUT2D eigenvalue weighted by atomic mass is 10.0. The molecule has 27 heavy (non-hydrogen) atoms. The zero-order chi connectivity index (χ0) is 19.1. The van der Waals surface area contributed by atoms with Crippen LogP contribution in [0.15, 0.2) is 51.7 Å². The van der Waals surface area contributed by atoms with E-state index in [0.717, 1.165) is 11.3 Å². The van der Waals surface area contributed by atoms with E-state index in [9.17, 15) is 9.59 Å². The molecular formula is C20H18N4O3. The molecule has 7 heteroatoms. The minimum absolute atomic E-state index is 0.312. The van der Waals surface area contributed by atoms with Gasteiger partial charge >= 0.3 is 5.76 Å². The van der Waals surface area contributed by atoms with Crippen molar-refractivity contribution in [1.29, 1.82) is 0 Å². The minimum Gasteiger partial charge on any atom is -0.408 e. The van der Waals surface area contributed by atoms with Crippen molar-refractivity contribution in [3.8, 4) is 11.3 Å². The lowest BCUT2D eigenvalue weighted by Gasteiger charge is -2.05. The van der Waals surface area contributed by atoms with Crippen molar-refractivity contribution in [2.75, 3.05) is 5.32 Å². The highest BCUT2D eigenvalue weighted by atomic mass is 16.4. The van der Waals surface area contributed by atoms with E-state index in [2.05, 4.69) is 41.4 Å². The van der Waals surface area contributed by atoms with Gasteiger partial charge in [-0.2, -0.15) is 5.10 Å². The predicted molar refractivity (Wildman–Crippen MR) is 103 cm³/mol. The fourth-order valence-electron chi connectivity index (χ4n) is 2.97. The lowest BCUT2D eigenvalue weighted by Crippen LogP contribution is -2.12. The number of anilines is 1. The van der Waals surface area contributed by atoms with Crippen LogP contribution in [0, 0.1) is 13.8 Å². The Kier molecular flexibility index (Phi) is 3.92. The third-order valence-electron chi connectivity index (χ3n) is 4.59. The molecule has 0 fully saturated rings. The summed E-state index contributed by atoms with van der Waals surface area (Å²) in [5.41, 5.74) is 6.08. The largest absolute Gasteiger partial charge is 0.417 e. The van der Waals surface area contributed by atoms with Gasteiger partial charge in [0.05, 0.1) is 11.2 Å². The van der Waals surface area contributed by atoms with Gasteiger partial charge in [0.2, 0.25) is 0 Å². The molecule has 0 aliphatic heterocycles. The van der Waals surface area contributed by atoms with Gasteiger partial charge < -0.3 is 9.73 Å². The van der Waals surface area contributed by atoms with E-state index in [1.165, 1.54) is 11.1 Å². The summed E-state index contributed by atoms with van der Waals surface area (Å²) in [6.07, 6.45) is 0. The Bertz CT molecular complexity index is 1230. The van der Waals surface area contributed by atoms with E-state index in [4.69, 9.17) is 4.42 Å². The number of H-pyrrole nitrogens is 1. The molecule has 0 aliphatic carbocycles. The number of oxazole rings is 1. The fourth-order valence-corrected chi connectivity index (χ4v) is 2.97. The number of hydrogen-bond donors (Lipinski definition) is 2. The van der Waals surface area contributed by atoms with Crippen LogP contribution < -0.4 is 11.1 Å². The zero-order valence-corrected chi connectivity index (χ0v) is 15.2. The topological polar surface area (TPSA) is 92.9 Å². The van der Waals surface area contributed by atoms with Crippen molar-refractivity contribution in [2.24, 2.45) is 7.05 Å². The molecule has 4 rings (SSSR count). The summed E-state index contributed by atoms with van der Waals surface area (Å²) >= 11 is 0. The summed E-state index contributed by atoms with van der Waals surface area (Å²) in [5.74, 6) is -0.859. The van der Waals surface area contributed by atoms with Crippen molar-refractivity contribution in [1.82, 2.24) is 14.8 Å². The van der Waals surface area contributed by atoms with Gasteiger partial charge in [-0.1, -0.05) is 12.1 Å². The van der Waals surface area contributed by atoms with Crippen molar-refractivity contribution in [3.05, 3.63) is 69.8 Å². The average Bonchev–Trinajstić information content (AvgIpc) is 3.19. The predicted octanol–water partition coefficient (Wildman–Crippen LogP) is 3.39. The minimum atomic E-state index is -0.531. The Hall–Kier alpha value is -3.61. The Morgan fingerprint density at radius 1 is 1.11 bits per heavy atom. The van der Waals surface area contributed by atoms with Crippen molar-refractivity contribution >= 4 is 22.7 Å². The molecular weight excluding hydrogens is 344 g/mol. The van der Waals surface area contributed by atoms with Crippen molar-refractivity contribution in [2.45, 2.75) is 13.8 Å². The van der Waals surface area contributed by atoms with Crippen LogP contribution >= 0.6 is 0 Å². The molecule has 2 aromatic carbocycles. The average molecular weight is 362 g/mol. The van der Waals surface area contributed by atoms with E-state index in [1.807, 2.05) is 13.1 Å². The Balaban J connectivity index is 1.61. The molecule has 0 unspecified atom stereocenters. The van der Waals surface area contributed by atoms with Gasteiger partial charge in [0.15, 0.2) is 11.3 Å². The molecule has 2 heterocycles. The van der Waals surface area contributed by atoms with Crippen LogP contribution in [-0.4, -0.2) is 20.7 Å². The molecule has 0 atom stereocenters. The molecule has 0 saturated carbocycles. The summed E-state index contributed by atoms with van der Waals surface area (Å²) in [7, 11) is 1.81. The molecule has 136 valence electrons. The van der Waals surface area contributed by atoms with E-state index in [-0.39, 0.29) is 5.91 Å². The number of carbonyl (C=O) groups is 1.